The lowest BCUT2D eigenvalue weighted by atomic mass is 9.83. The van der Waals surface area contributed by atoms with E-state index < -0.39 is 0 Å². The Balaban J connectivity index is 1.67. The van der Waals surface area contributed by atoms with Crippen LogP contribution in [0, 0.1) is 5.92 Å². The smallest absolute Gasteiger partial charge is 0.225 e. The van der Waals surface area contributed by atoms with Gasteiger partial charge in [0.25, 0.3) is 0 Å². The molecule has 0 saturated carbocycles. The van der Waals surface area contributed by atoms with Crippen LogP contribution in [0.15, 0.2) is 48.5 Å². The molecule has 5 heteroatoms. The van der Waals surface area contributed by atoms with E-state index in [2.05, 4.69) is 45.4 Å². The molecule has 1 saturated heterocycles. The third-order valence-corrected chi connectivity index (χ3v) is 5.74. The number of anilines is 2. The van der Waals surface area contributed by atoms with E-state index in [9.17, 15) is 4.79 Å². The summed E-state index contributed by atoms with van der Waals surface area (Å²) < 4.78 is 5.57. The number of fused-ring (bicyclic) bond motifs is 3. The molecule has 2 aromatic carbocycles. The summed E-state index contributed by atoms with van der Waals surface area (Å²) >= 11 is 0. The fourth-order valence-electron chi connectivity index (χ4n) is 4.47. The molecule has 142 valence electrons. The Bertz CT molecular complexity index is 823. The lowest BCUT2D eigenvalue weighted by Crippen LogP contribution is -2.61. The van der Waals surface area contributed by atoms with E-state index in [1.54, 1.807) is 7.11 Å². The Labute approximate surface area is 160 Å². The molecule has 0 bridgehead atoms. The van der Waals surface area contributed by atoms with E-state index in [1.807, 2.05) is 25.1 Å². The number of ether oxygens (including phenoxy) is 1. The Morgan fingerprint density at radius 3 is 2.63 bits per heavy atom. The molecule has 0 spiro atoms. The standard InChI is InChI=1S/C22H27N3O2/c1-3-23-22(26)17-14-16-8-4-5-9-18(16)25-13-12-24(15-20(17)25)19-10-6-7-11-21(19)27-2/h4-11,17,20H,3,12-15H2,1-2H3,(H,23,26)/t17-,20+/m1/s1. The number of carbonyl (C=O) groups is 1. The highest BCUT2D eigenvalue weighted by molar-refractivity contribution is 5.82. The van der Waals surface area contributed by atoms with Gasteiger partial charge in [0.1, 0.15) is 5.75 Å². The number of hydrogen-bond acceptors (Lipinski definition) is 4. The summed E-state index contributed by atoms with van der Waals surface area (Å²) in [7, 11) is 1.71. The summed E-state index contributed by atoms with van der Waals surface area (Å²) in [5.41, 5.74) is 3.66. The molecule has 27 heavy (non-hydrogen) atoms. The average molecular weight is 365 g/mol. The molecule has 0 radical (unpaired) electrons. The molecule has 2 atom stereocenters. The summed E-state index contributed by atoms with van der Waals surface area (Å²) in [6.45, 7) is 5.27. The molecule has 1 fully saturated rings. The minimum Gasteiger partial charge on any atom is -0.495 e. The number of methoxy groups -OCH3 is 1. The number of benzene rings is 2. The first kappa shape index (κ1) is 17.7. The van der Waals surface area contributed by atoms with Crippen molar-refractivity contribution in [2.75, 3.05) is 43.1 Å². The first-order chi connectivity index (χ1) is 13.2. The Kier molecular flexibility index (Phi) is 4.92. The molecule has 5 nitrogen and oxygen atoms in total. The van der Waals surface area contributed by atoms with Gasteiger partial charge in [-0.3, -0.25) is 4.79 Å². The highest BCUT2D eigenvalue weighted by atomic mass is 16.5. The maximum Gasteiger partial charge on any atom is 0.225 e. The quantitative estimate of drug-likeness (QED) is 0.905. The topological polar surface area (TPSA) is 44.8 Å². The van der Waals surface area contributed by atoms with Crippen molar-refractivity contribution >= 4 is 17.3 Å². The summed E-state index contributed by atoms with van der Waals surface area (Å²) in [4.78, 5) is 17.6. The number of para-hydroxylation sites is 3. The van der Waals surface area contributed by atoms with Crippen LogP contribution in [0.4, 0.5) is 11.4 Å². The van der Waals surface area contributed by atoms with Crippen molar-refractivity contribution in [2.24, 2.45) is 5.92 Å². The van der Waals surface area contributed by atoms with Gasteiger partial charge in [-0.25, -0.2) is 0 Å². The lowest BCUT2D eigenvalue weighted by molar-refractivity contribution is -0.125. The van der Waals surface area contributed by atoms with Crippen molar-refractivity contribution in [3.8, 4) is 5.75 Å². The van der Waals surface area contributed by atoms with Gasteiger partial charge in [-0.1, -0.05) is 30.3 Å². The second kappa shape index (κ2) is 7.51. The van der Waals surface area contributed by atoms with E-state index in [-0.39, 0.29) is 17.9 Å². The monoisotopic (exact) mass is 365 g/mol. The van der Waals surface area contributed by atoms with Gasteiger partial charge in [-0.15, -0.1) is 0 Å². The van der Waals surface area contributed by atoms with Gasteiger partial charge >= 0.3 is 0 Å². The Morgan fingerprint density at radius 2 is 1.85 bits per heavy atom. The van der Waals surface area contributed by atoms with Gasteiger partial charge in [0, 0.05) is 31.9 Å². The first-order valence-corrected chi connectivity index (χ1v) is 9.73. The predicted octanol–water partition coefficient (Wildman–Crippen LogP) is 2.70. The second-order valence-corrected chi connectivity index (χ2v) is 7.21. The SMILES string of the molecule is CCNC(=O)[C@@H]1Cc2ccccc2N2CCN(c3ccccc3OC)C[C@@H]12. The van der Waals surface area contributed by atoms with Gasteiger partial charge < -0.3 is 19.9 Å². The predicted molar refractivity (Wildman–Crippen MR) is 109 cm³/mol. The molecule has 0 unspecified atom stereocenters. The number of piperazine rings is 1. The van der Waals surface area contributed by atoms with Crippen LogP contribution in [0.2, 0.25) is 0 Å². The van der Waals surface area contributed by atoms with Crippen LogP contribution in [0.1, 0.15) is 12.5 Å². The van der Waals surface area contributed by atoms with E-state index in [0.717, 1.165) is 37.5 Å². The Hall–Kier alpha value is -2.69. The molecule has 1 N–H and O–H groups in total. The van der Waals surface area contributed by atoms with Crippen molar-refractivity contribution in [1.29, 1.82) is 0 Å². The molecule has 0 aromatic heterocycles. The van der Waals surface area contributed by atoms with Crippen molar-refractivity contribution < 1.29 is 9.53 Å². The van der Waals surface area contributed by atoms with E-state index >= 15 is 0 Å². The normalized spacial score (nSPS) is 21.3. The zero-order valence-corrected chi connectivity index (χ0v) is 16.0. The molecule has 2 aromatic rings. The van der Waals surface area contributed by atoms with Crippen LogP contribution >= 0.6 is 0 Å². The largest absolute Gasteiger partial charge is 0.495 e. The van der Waals surface area contributed by atoms with Crippen LogP contribution in [0.5, 0.6) is 5.75 Å². The Morgan fingerprint density at radius 1 is 1.11 bits per heavy atom. The third kappa shape index (κ3) is 3.22. The molecular formula is C22H27N3O2. The molecule has 0 aliphatic carbocycles. The third-order valence-electron chi connectivity index (χ3n) is 5.74. The number of hydrogen-bond donors (Lipinski definition) is 1. The fourth-order valence-corrected chi connectivity index (χ4v) is 4.47. The number of amides is 1. The summed E-state index contributed by atoms with van der Waals surface area (Å²) in [5.74, 6) is 0.998. The van der Waals surface area contributed by atoms with Gasteiger partial charge in [-0.05, 0) is 37.1 Å². The average Bonchev–Trinajstić information content (AvgIpc) is 2.72. The highest BCUT2D eigenvalue weighted by Crippen LogP contribution is 2.38. The van der Waals surface area contributed by atoms with E-state index in [0.29, 0.717) is 6.54 Å². The number of rotatable bonds is 4. The van der Waals surface area contributed by atoms with Gasteiger partial charge in [0.05, 0.1) is 24.8 Å². The van der Waals surface area contributed by atoms with Gasteiger partial charge in [0.15, 0.2) is 0 Å². The second-order valence-electron chi connectivity index (χ2n) is 7.21. The minimum atomic E-state index is -0.0441. The number of carbonyl (C=O) groups excluding carboxylic acids is 1. The molecule has 2 aliphatic rings. The van der Waals surface area contributed by atoms with Crippen molar-refractivity contribution in [1.82, 2.24) is 5.32 Å². The highest BCUT2D eigenvalue weighted by Gasteiger charge is 2.41. The van der Waals surface area contributed by atoms with Crippen LogP contribution in [-0.4, -0.2) is 45.2 Å². The number of nitrogens with zero attached hydrogens (tertiary/aromatic N) is 2. The first-order valence-electron chi connectivity index (χ1n) is 9.73. The fraction of sp³-hybridized carbons (Fsp3) is 0.409. The zero-order chi connectivity index (χ0) is 18.8. The summed E-state index contributed by atoms with van der Waals surface area (Å²) in [5, 5.41) is 3.05. The van der Waals surface area contributed by atoms with Crippen molar-refractivity contribution in [3.63, 3.8) is 0 Å². The maximum atomic E-state index is 12.8. The summed E-state index contributed by atoms with van der Waals surface area (Å²) in [6.07, 6.45) is 0.795. The van der Waals surface area contributed by atoms with Gasteiger partial charge in [-0.2, -0.15) is 0 Å². The van der Waals surface area contributed by atoms with Gasteiger partial charge in [0.2, 0.25) is 5.91 Å². The maximum absolute atomic E-state index is 12.8. The van der Waals surface area contributed by atoms with Crippen LogP contribution in [-0.2, 0) is 11.2 Å². The molecule has 4 rings (SSSR count). The molecular weight excluding hydrogens is 338 g/mol. The molecule has 2 aliphatic heterocycles. The minimum absolute atomic E-state index is 0.0441. The molecule has 1 amide bonds. The number of nitrogens with one attached hydrogen (secondary N) is 1. The van der Waals surface area contributed by atoms with Crippen LogP contribution in [0.25, 0.3) is 0 Å². The zero-order valence-electron chi connectivity index (χ0n) is 16.0. The van der Waals surface area contributed by atoms with Crippen LogP contribution in [0.3, 0.4) is 0 Å². The summed E-state index contributed by atoms with van der Waals surface area (Å²) in [6, 6.07) is 16.8. The van der Waals surface area contributed by atoms with E-state index in [1.165, 1.54) is 11.3 Å². The lowest BCUT2D eigenvalue weighted by Gasteiger charge is -2.49. The van der Waals surface area contributed by atoms with Crippen LogP contribution < -0.4 is 19.9 Å². The van der Waals surface area contributed by atoms with Crippen molar-refractivity contribution in [3.05, 3.63) is 54.1 Å². The van der Waals surface area contributed by atoms with E-state index in [4.69, 9.17) is 4.74 Å². The molecule has 2 heterocycles. The van der Waals surface area contributed by atoms with Crippen molar-refractivity contribution in [2.45, 2.75) is 19.4 Å².